The van der Waals surface area contributed by atoms with Gasteiger partial charge in [0.25, 0.3) is 0 Å². The largest absolute Gasteiger partial charge is 0.416 e. The van der Waals surface area contributed by atoms with Gasteiger partial charge in [-0.3, -0.25) is 0 Å². The summed E-state index contributed by atoms with van der Waals surface area (Å²) in [5, 5.41) is 11.0. The molecule has 2 nitrogen and oxygen atoms in total. The first kappa shape index (κ1) is 16.6. The van der Waals surface area contributed by atoms with E-state index in [1.54, 1.807) is 6.07 Å². The Hall–Kier alpha value is -0.780. The van der Waals surface area contributed by atoms with Gasteiger partial charge in [-0.05, 0) is 55.2 Å². The van der Waals surface area contributed by atoms with E-state index in [0.29, 0.717) is 5.56 Å². The highest BCUT2D eigenvalue weighted by molar-refractivity contribution is 5.85. The van der Waals surface area contributed by atoms with Crippen LogP contribution in [0.5, 0.6) is 0 Å². The Morgan fingerprint density at radius 1 is 1.14 bits per heavy atom. The maximum absolute atomic E-state index is 12.8. The summed E-state index contributed by atoms with van der Waals surface area (Å²) in [7, 11) is 0. The maximum Gasteiger partial charge on any atom is 0.416 e. The molecule has 118 valence electrons. The Morgan fingerprint density at radius 2 is 1.76 bits per heavy atom. The Kier molecular flexibility index (Phi) is 4.30. The van der Waals surface area contributed by atoms with E-state index in [4.69, 9.17) is 5.73 Å². The Labute approximate surface area is 127 Å². The highest BCUT2D eigenvalue weighted by Gasteiger charge is 2.53. The molecule has 0 aliphatic heterocycles. The first-order valence-corrected chi connectivity index (χ1v) is 6.99. The maximum atomic E-state index is 12.8. The second-order valence-electron chi connectivity index (χ2n) is 6.04. The minimum absolute atomic E-state index is 0. The highest BCUT2D eigenvalue weighted by atomic mass is 35.5. The van der Waals surface area contributed by atoms with Crippen molar-refractivity contribution in [3.8, 4) is 0 Å². The highest BCUT2D eigenvalue weighted by Crippen LogP contribution is 2.52. The van der Waals surface area contributed by atoms with Crippen molar-refractivity contribution in [3.05, 3.63) is 35.4 Å². The molecule has 1 aromatic rings. The second kappa shape index (κ2) is 5.45. The number of benzene rings is 1. The number of fused-ring (bicyclic) bond motifs is 3. The van der Waals surface area contributed by atoms with Crippen LogP contribution in [0.4, 0.5) is 13.2 Å². The lowest BCUT2D eigenvalue weighted by Crippen LogP contribution is -2.60. The molecule has 0 aromatic heterocycles. The zero-order valence-electron chi connectivity index (χ0n) is 11.4. The second-order valence-corrected chi connectivity index (χ2v) is 6.04. The van der Waals surface area contributed by atoms with E-state index in [1.165, 1.54) is 6.07 Å². The van der Waals surface area contributed by atoms with E-state index in [2.05, 4.69) is 0 Å². The molecule has 3 N–H and O–H groups in total. The molecule has 6 heteroatoms. The van der Waals surface area contributed by atoms with Crippen LogP contribution in [-0.2, 0) is 11.8 Å². The normalized spacial score (nSPS) is 35.4. The molecule has 0 spiro atoms. The van der Waals surface area contributed by atoms with Gasteiger partial charge in [0.1, 0.15) is 5.60 Å². The van der Waals surface area contributed by atoms with Gasteiger partial charge in [-0.2, -0.15) is 13.2 Å². The van der Waals surface area contributed by atoms with Crippen molar-refractivity contribution in [3.63, 3.8) is 0 Å². The topological polar surface area (TPSA) is 46.2 Å². The summed E-state index contributed by atoms with van der Waals surface area (Å²) >= 11 is 0. The van der Waals surface area contributed by atoms with Crippen molar-refractivity contribution in [2.45, 2.75) is 43.5 Å². The number of nitrogens with two attached hydrogens (primary N) is 1. The molecule has 2 atom stereocenters. The number of halogens is 4. The molecule has 3 aliphatic rings. The summed E-state index contributed by atoms with van der Waals surface area (Å²) in [4.78, 5) is 0. The van der Waals surface area contributed by atoms with Crippen LogP contribution < -0.4 is 5.73 Å². The van der Waals surface area contributed by atoms with Crippen molar-refractivity contribution in [1.82, 2.24) is 0 Å². The summed E-state index contributed by atoms with van der Waals surface area (Å²) in [5.41, 5.74) is 4.43. The molecule has 0 amide bonds. The standard InChI is InChI=1S/C15H18F3NO.ClH/c16-15(17,18)12-3-1-2-11(8-12)14(20)10-6-4-9(5-7-10)13(14)19;/h1-3,8-10,13,20H,4-7,19H2;1H. The van der Waals surface area contributed by atoms with Crippen molar-refractivity contribution < 1.29 is 18.3 Å². The third-order valence-electron chi connectivity index (χ3n) is 5.06. The SMILES string of the molecule is Cl.NC1C2CCC(CC2)C1(O)c1cccc(C(F)(F)F)c1. The van der Waals surface area contributed by atoms with Crippen LogP contribution in [0.3, 0.4) is 0 Å². The predicted molar refractivity (Wildman–Crippen MR) is 76.0 cm³/mol. The Bertz CT molecular complexity index is 510. The van der Waals surface area contributed by atoms with Crippen LogP contribution in [0.25, 0.3) is 0 Å². The fraction of sp³-hybridized carbons (Fsp3) is 0.600. The van der Waals surface area contributed by atoms with E-state index in [0.717, 1.165) is 37.8 Å². The number of hydrogen-bond donors (Lipinski definition) is 2. The number of hydrogen-bond acceptors (Lipinski definition) is 2. The van der Waals surface area contributed by atoms with E-state index in [-0.39, 0.29) is 24.2 Å². The van der Waals surface area contributed by atoms with Crippen molar-refractivity contribution in [2.75, 3.05) is 0 Å². The molecule has 2 unspecified atom stereocenters. The number of rotatable bonds is 1. The molecule has 4 rings (SSSR count). The van der Waals surface area contributed by atoms with Gasteiger partial charge in [0.15, 0.2) is 0 Å². The van der Waals surface area contributed by atoms with E-state index in [1.807, 2.05) is 0 Å². The van der Waals surface area contributed by atoms with E-state index >= 15 is 0 Å². The van der Waals surface area contributed by atoms with E-state index in [9.17, 15) is 18.3 Å². The first-order valence-electron chi connectivity index (χ1n) is 6.99. The summed E-state index contributed by atoms with van der Waals surface area (Å²) in [6.07, 6.45) is -0.791. The van der Waals surface area contributed by atoms with Crippen molar-refractivity contribution in [2.24, 2.45) is 17.6 Å². The smallest absolute Gasteiger partial charge is 0.383 e. The van der Waals surface area contributed by atoms with Crippen LogP contribution in [0.15, 0.2) is 24.3 Å². The number of aliphatic hydroxyl groups is 1. The summed E-state index contributed by atoms with van der Waals surface area (Å²) < 4.78 is 38.5. The lowest BCUT2D eigenvalue weighted by Gasteiger charge is -2.53. The van der Waals surface area contributed by atoms with Gasteiger partial charge < -0.3 is 10.8 Å². The summed E-state index contributed by atoms with van der Waals surface area (Å²) in [6, 6.07) is 4.53. The van der Waals surface area contributed by atoms with Gasteiger partial charge in [-0.1, -0.05) is 12.1 Å². The van der Waals surface area contributed by atoms with Gasteiger partial charge in [0.05, 0.1) is 5.56 Å². The molecular weight excluding hydrogens is 303 g/mol. The van der Waals surface area contributed by atoms with E-state index < -0.39 is 23.4 Å². The fourth-order valence-electron chi connectivity index (χ4n) is 3.92. The molecular formula is C15H19ClF3NO. The molecule has 0 radical (unpaired) electrons. The molecule has 0 heterocycles. The summed E-state index contributed by atoms with van der Waals surface area (Å²) in [6.45, 7) is 0. The van der Waals surface area contributed by atoms with Gasteiger partial charge in [-0.25, -0.2) is 0 Å². The van der Waals surface area contributed by atoms with Crippen molar-refractivity contribution >= 4 is 12.4 Å². The third-order valence-corrected chi connectivity index (χ3v) is 5.06. The minimum atomic E-state index is -4.40. The molecule has 3 fully saturated rings. The molecule has 3 saturated carbocycles. The fourth-order valence-corrected chi connectivity index (χ4v) is 3.92. The third kappa shape index (κ3) is 2.56. The Balaban J connectivity index is 0.00000161. The average molecular weight is 322 g/mol. The lowest BCUT2D eigenvalue weighted by atomic mass is 9.57. The van der Waals surface area contributed by atoms with Crippen molar-refractivity contribution in [1.29, 1.82) is 0 Å². The zero-order chi connectivity index (χ0) is 14.5. The van der Waals surface area contributed by atoms with Crippen LogP contribution >= 0.6 is 12.4 Å². The minimum Gasteiger partial charge on any atom is -0.383 e. The summed E-state index contributed by atoms with van der Waals surface area (Å²) in [5.74, 6) is 0.172. The van der Waals surface area contributed by atoms with Crippen LogP contribution in [0, 0.1) is 11.8 Å². The average Bonchev–Trinajstić information content (AvgIpc) is 2.44. The monoisotopic (exact) mass is 321 g/mol. The Morgan fingerprint density at radius 3 is 2.29 bits per heavy atom. The zero-order valence-corrected chi connectivity index (χ0v) is 12.3. The van der Waals surface area contributed by atoms with Gasteiger partial charge >= 0.3 is 6.18 Å². The predicted octanol–water partition coefficient (Wildman–Crippen LogP) is 3.46. The molecule has 0 saturated heterocycles. The van der Waals surface area contributed by atoms with Gasteiger partial charge in [-0.15, -0.1) is 12.4 Å². The van der Waals surface area contributed by atoms with Crippen LogP contribution in [0.2, 0.25) is 0 Å². The van der Waals surface area contributed by atoms with Gasteiger partial charge in [0, 0.05) is 6.04 Å². The first-order chi connectivity index (χ1) is 9.33. The van der Waals surface area contributed by atoms with Gasteiger partial charge in [0.2, 0.25) is 0 Å². The molecule has 3 aliphatic carbocycles. The van der Waals surface area contributed by atoms with Crippen LogP contribution in [-0.4, -0.2) is 11.1 Å². The lowest BCUT2D eigenvalue weighted by molar-refractivity contribution is -0.139. The number of alkyl halides is 3. The molecule has 2 bridgehead atoms. The van der Waals surface area contributed by atoms with Crippen LogP contribution in [0.1, 0.15) is 36.8 Å². The quantitative estimate of drug-likeness (QED) is 0.832. The molecule has 21 heavy (non-hydrogen) atoms. The molecule has 1 aromatic carbocycles.